The molecule has 132 valence electrons. The first kappa shape index (κ1) is 18.2. The Morgan fingerprint density at radius 2 is 1.70 bits per heavy atom. The van der Waals surface area contributed by atoms with Gasteiger partial charge in [-0.25, -0.2) is 0 Å². The summed E-state index contributed by atoms with van der Waals surface area (Å²) in [7, 11) is 0. The minimum Gasteiger partial charge on any atom is -0.337 e. The van der Waals surface area contributed by atoms with Gasteiger partial charge in [0.05, 0.1) is 0 Å². The Morgan fingerprint density at radius 3 is 2.22 bits per heavy atom. The van der Waals surface area contributed by atoms with E-state index in [-0.39, 0.29) is 23.9 Å². The Bertz CT molecular complexity index is 403. The van der Waals surface area contributed by atoms with E-state index in [0.717, 1.165) is 39.1 Å². The van der Waals surface area contributed by atoms with Gasteiger partial charge in [0.2, 0.25) is 11.8 Å². The fraction of sp³-hybridized carbons (Fsp3) is 0.889. The van der Waals surface area contributed by atoms with Crippen LogP contribution in [0.25, 0.3) is 0 Å². The molecule has 0 aromatic heterocycles. The maximum atomic E-state index is 12.9. The van der Waals surface area contributed by atoms with Gasteiger partial charge in [-0.15, -0.1) is 0 Å². The Morgan fingerprint density at radius 1 is 1.04 bits per heavy atom. The van der Waals surface area contributed by atoms with Crippen molar-refractivity contribution in [2.45, 2.75) is 71.4 Å². The summed E-state index contributed by atoms with van der Waals surface area (Å²) in [6.45, 7) is 10.8. The topological polar surface area (TPSA) is 43.9 Å². The second-order valence-electron chi connectivity index (χ2n) is 7.25. The van der Waals surface area contributed by atoms with E-state index in [1.54, 1.807) is 4.90 Å². The van der Waals surface area contributed by atoms with Gasteiger partial charge in [0.1, 0.15) is 6.04 Å². The number of rotatable bonds is 6. The molecule has 0 unspecified atom stereocenters. The van der Waals surface area contributed by atoms with E-state index in [9.17, 15) is 9.59 Å². The molecule has 2 rings (SSSR count). The number of carbonyl (C=O) groups excluding carboxylic acids is 2. The highest BCUT2D eigenvalue weighted by Gasteiger charge is 2.32. The predicted octanol–water partition coefficient (Wildman–Crippen LogP) is 2.11. The van der Waals surface area contributed by atoms with Gasteiger partial charge in [0, 0.05) is 32.1 Å². The molecule has 0 aliphatic carbocycles. The van der Waals surface area contributed by atoms with Crippen molar-refractivity contribution in [2.24, 2.45) is 0 Å². The summed E-state index contributed by atoms with van der Waals surface area (Å²) in [5.41, 5.74) is 0. The van der Waals surface area contributed by atoms with Crippen LogP contribution in [-0.2, 0) is 9.59 Å². The van der Waals surface area contributed by atoms with Crippen LogP contribution in [0.2, 0.25) is 0 Å². The summed E-state index contributed by atoms with van der Waals surface area (Å²) in [5.74, 6) is 0.229. The van der Waals surface area contributed by atoms with Crippen LogP contribution in [0.3, 0.4) is 0 Å². The molecule has 2 amide bonds. The molecule has 5 nitrogen and oxygen atoms in total. The van der Waals surface area contributed by atoms with Crippen LogP contribution in [0.5, 0.6) is 0 Å². The molecule has 2 aliphatic rings. The number of hydrogen-bond acceptors (Lipinski definition) is 3. The van der Waals surface area contributed by atoms with Crippen molar-refractivity contribution in [3.05, 3.63) is 0 Å². The molecule has 2 fully saturated rings. The molecule has 2 heterocycles. The van der Waals surface area contributed by atoms with Gasteiger partial charge in [-0.05, 0) is 53.1 Å². The number of likely N-dealkylation sites (tertiary alicyclic amines) is 2. The van der Waals surface area contributed by atoms with E-state index in [4.69, 9.17) is 0 Å². The van der Waals surface area contributed by atoms with E-state index in [1.807, 2.05) is 11.8 Å². The summed E-state index contributed by atoms with van der Waals surface area (Å²) < 4.78 is 0. The van der Waals surface area contributed by atoms with E-state index in [2.05, 4.69) is 18.7 Å². The van der Waals surface area contributed by atoms with E-state index >= 15 is 0 Å². The molecule has 0 aromatic carbocycles. The summed E-state index contributed by atoms with van der Waals surface area (Å²) in [5, 5.41) is 0. The molecule has 23 heavy (non-hydrogen) atoms. The standard InChI is InChI=1S/C18H33N3O2/c1-15(2)20(14-13-19-10-6-4-5-7-11-19)18(23)16(3)21-12-8-9-17(21)22/h15-16H,4-14H2,1-3H3/t16-/m1/s1. The lowest BCUT2D eigenvalue weighted by Crippen LogP contribution is -2.51. The molecular weight excluding hydrogens is 290 g/mol. The number of hydrogen-bond donors (Lipinski definition) is 0. The van der Waals surface area contributed by atoms with Crippen molar-refractivity contribution >= 4 is 11.8 Å². The summed E-state index contributed by atoms with van der Waals surface area (Å²) >= 11 is 0. The zero-order chi connectivity index (χ0) is 16.8. The van der Waals surface area contributed by atoms with Gasteiger partial charge in [0.25, 0.3) is 0 Å². The highest BCUT2D eigenvalue weighted by atomic mass is 16.2. The molecule has 0 aromatic rings. The van der Waals surface area contributed by atoms with Crippen LogP contribution in [0, 0.1) is 0 Å². The Balaban J connectivity index is 1.91. The molecule has 0 spiro atoms. The lowest BCUT2D eigenvalue weighted by Gasteiger charge is -2.34. The number of carbonyl (C=O) groups is 2. The van der Waals surface area contributed by atoms with Gasteiger partial charge in [-0.1, -0.05) is 12.8 Å². The fourth-order valence-corrected chi connectivity index (χ4v) is 3.68. The molecule has 5 heteroatoms. The molecule has 2 saturated heterocycles. The van der Waals surface area contributed by atoms with E-state index < -0.39 is 0 Å². The largest absolute Gasteiger partial charge is 0.337 e. The number of amides is 2. The Labute approximate surface area is 141 Å². The Kier molecular flexibility index (Phi) is 6.88. The highest BCUT2D eigenvalue weighted by Crippen LogP contribution is 2.16. The molecule has 0 saturated carbocycles. The van der Waals surface area contributed by atoms with Crippen molar-refractivity contribution < 1.29 is 9.59 Å². The zero-order valence-electron chi connectivity index (χ0n) is 15.1. The van der Waals surface area contributed by atoms with Gasteiger partial charge in [0.15, 0.2) is 0 Å². The van der Waals surface area contributed by atoms with Crippen molar-refractivity contribution in [2.75, 3.05) is 32.7 Å². The molecule has 0 radical (unpaired) electrons. The van der Waals surface area contributed by atoms with Crippen LogP contribution in [0.1, 0.15) is 59.3 Å². The molecule has 2 aliphatic heterocycles. The van der Waals surface area contributed by atoms with Crippen LogP contribution in [0.4, 0.5) is 0 Å². The minimum atomic E-state index is -0.323. The first-order chi connectivity index (χ1) is 11.0. The van der Waals surface area contributed by atoms with Crippen molar-refractivity contribution in [3.63, 3.8) is 0 Å². The molecule has 0 N–H and O–H groups in total. The van der Waals surface area contributed by atoms with Crippen molar-refractivity contribution in [3.8, 4) is 0 Å². The monoisotopic (exact) mass is 323 g/mol. The van der Waals surface area contributed by atoms with Crippen molar-refractivity contribution in [1.29, 1.82) is 0 Å². The van der Waals surface area contributed by atoms with Gasteiger partial charge >= 0.3 is 0 Å². The van der Waals surface area contributed by atoms with E-state index in [1.165, 1.54) is 25.7 Å². The van der Waals surface area contributed by atoms with Gasteiger partial charge < -0.3 is 14.7 Å². The third-order valence-corrected chi connectivity index (χ3v) is 5.20. The van der Waals surface area contributed by atoms with Gasteiger partial charge in [-0.3, -0.25) is 9.59 Å². The normalized spacial score (nSPS) is 21.6. The van der Waals surface area contributed by atoms with Crippen LogP contribution >= 0.6 is 0 Å². The van der Waals surface area contributed by atoms with E-state index in [0.29, 0.717) is 6.42 Å². The summed E-state index contributed by atoms with van der Waals surface area (Å²) in [4.78, 5) is 31.0. The van der Waals surface area contributed by atoms with Crippen LogP contribution in [0.15, 0.2) is 0 Å². The lowest BCUT2D eigenvalue weighted by molar-refractivity contribution is -0.144. The van der Waals surface area contributed by atoms with Crippen LogP contribution < -0.4 is 0 Å². The zero-order valence-corrected chi connectivity index (χ0v) is 15.1. The summed E-state index contributed by atoms with van der Waals surface area (Å²) in [6, 6.07) is -0.147. The number of nitrogens with zero attached hydrogens (tertiary/aromatic N) is 3. The molecule has 1 atom stereocenters. The first-order valence-electron chi connectivity index (χ1n) is 9.33. The minimum absolute atomic E-state index is 0.102. The highest BCUT2D eigenvalue weighted by molar-refractivity contribution is 5.88. The van der Waals surface area contributed by atoms with Crippen molar-refractivity contribution in [1.82, 2.24) is 14.7 Å². The SMILES string of the molecule is CC(C)N(CCN1CCCCCC1)C(=O)[C@@H](C)N1CCCC1=O. The molecular formula is C18H33N3O2. The second kappa shape index (κ2) is 8.67. The quantitative estimate of drug-likeness (QED) is 0.752. The van der Waals surface area contributed by atoms with Gasteiger partial charge in [-0.2, -0.15) is 0 Å². The smallest absolute Gasteiger partial charge is 0.245 e. The molecule has 0 bridgehead atoms. The first-order valence-corrected chi connectivity index (χ1v) is 9.33. The van der Waals surface area contributed by atoms with Crippen LogP contribution in [-0.4, -0.2) is 71.3 Å². The Hall–Kier alpha value is -1.10. The average molecular weight is 323 g/mol. The second-order valence-corrected chi connectivity index (χ2v) is 7.25. The predicted molar refractivity (Wildman–Crippen MR) is 92.2 cm³/mol. The maximum Gasteiger partial charge on any atom is 0.245 e. The average Bonchev–Trinajstić information content (AvgIpc) is 2.78. The summed E-state index contributed by atoms with van der Waals surface area (Å²) in [6.07, 6.45) is 6.68. The maximum absolute atomic E-state index is 12.9. The third kappa shape index (κ3) is 4.93. The lowest BCUT2D eigenvalue weighted by atomic mass is 10.2. The third-order valence-electron chi connectivity index (χ3n) is 5.20. The fourth-order valence-electron chi connectivity index (χ4n) is 3.68.